The van der Waals surface area contributed by atoms with E-state index in [1.807, 2.05) is 29.0 Å². The van der Waals surface area contributed by atoms with E-state index in [9.17, 15) is 9.59 Å². The summed E-state index contributed by atoms with van der Waals surface area (Å²) in [5.74, 6) is -0.366. The standard InChI is InChI=1S/C16H13N3O3S2/c1-22-14(20)3-2-5-19-15(21)13(7-11-4-6-23-10-11)24-16(19)12(8-17)9-18/h4,6-7,10H,2-3,5H2,1H3/b13-7+. The molecule has 0 aliphatic heterocycles. The highest BCUT2D eigenvalue weighted by molar-refractivity contribution is 7.08. The van der Waals surface area contributed by atoms with Gasteiger partial charge in [-0.3, -0.25) is 14.2 Å². The van der Waals surface area contributed by atoms with E-state index >= 15 is 0 Å². The Bertz CT molecular complexity index is 969. The van der Waals surface area contributed by atoms with Crippen molar-refractivity contribution in [1.29, 1.82) is 10.5 Å². The first-order valence-electron chi connectivity index (χ1n) is 6.95. The predicted octanol–water partition coefficient (Wildman–Crippen LogP) is 0.951. The zero-order chi connectivity index (χ0) is 17.5. The van der Waals surface area contributed by atoms with Crippen molar-refractivity contribution in [3.8, 4) is 12.1 Å². The highest BCUT2D eigenvalue weighted by Gasteiger charge is 2.10. The Kier molecular flexibility index (Phi) is 6.07. The average molecular weight is 359 g/mol. The fraction of sp³-hybridized carbons (Fsp3) is 0.250. The van der Waals surface area contributed by atoms with Crippen molar-refractivity contribution >= 4 is 40.3 Å². The van der Waals surface area contributed by atoms with Crippen LogP contribution in [0.2, 0.25) is 0 Å². The number of rotatable bonds is 5. The van der Waals surface area contributed by atoms with Crippen LogP contribution in [-0.4, -0.2) is 17.6 Å². The van der Waals surface area contributed by atoms with E-state index in [0.717, 1.165) is 16.9 Å². The molecular weight excluding hydrogens is 346 g/mol. The molecule has 2 rings (SSSR count). The highest BCUT2D eigenvalue weighted by atomic mass is 32.1. The van der Waals surface area contributed by atoms with Gasteiger partial charge in [-0.05, 0) is 34.9 Å². The van der Waals surface area contributed by atoms with E-state index in [1.165, 1.54) is 23.0 Å². The number of aromatic nitrogens is 1. The van der Waals surface area contributed by atoms with E-state index in [0.29, 0.717) is 15.6 Å². The summed E-state index contributed by atoms with van der Waals surface area (Å²) in [4.78, 5) is 23.8. The molecule has 0 spiro atoms. The van der Waals surface area contributed by atoms with Crippen LogP contribution in [0.3, 0.4) is 0 Å². The van der Waals surface area contributed by atoms with Crippen LogP contribution in [-0.2, 0) is 16.1 Å². The average Bonchev–Trinajstić information content (AvgIpc) is 3.20. The van der Waals surface area contributed by atoms with Crippen molar-refractivity contribution in [1.82, 2.24) is 4.57 Å². The van der Waals surface area contributed by atoms with Crippen molar-refractivity contribution in [2.24, 2.45) is 0 Å². The van der Waals surface area contributed by atoms with E-state index < -0.39 is 0 Å². The molecule has 0 amide bonds. The van der Waals surface area contributed by atoms with E-state index in [1.54, 1.807) is 6.08 Å². The molecule has 0 radical (unpaired) electrons. The summed E-state index contributed by atoms with van der Waals surface area (Å²) in [7, 11) is 1.30. The number of methoxy groups -OCH3 is 1. The second-order valence-electron chi connectivity index (χ2n) is 4.71. The smallest absolute Gasteiger partial charge is 0.305 e. The molecule has 0 bridgehead atoms. The van der Waals surface area contributed by atoms with Gasteiger partial charge in [0.05, 0.1) is 11.6 Å². The minimum atomic E-state index is -0.366. The quantitative estimate of drug-likeness (QED) is 0.741. The van der Waals surface area contributed by atoms with Gasteiger partial charge in [0.15, 0.2) is 5.57 Å². The maximum atomic E-state index is 12.6. The molecule has 2 aromatic heterocycles. The zero-order valence-electron chi connectivity index (χ0n) is 12.8. The molecule has 6 nitrogen and oxygen atoms in total. The molecule has 122 valence electrons. The van der Waals surface area contributed by atoms with Gasteiger partial charge in [0, 0.05) is 13.0 Å². The second kappa shape index (κ2) is 8.25. The molecule has 0 aromatic carbocycles. The van der Waals surface area contributed by atoms with Crippen LogP contribution in [0, 0.1) is 22.7 Å². The van der Waals surface area contributed by atoms with Crippen molar-refractivity contribution in [3.63, 3.8) is 0 Å². The Morgan fingerprint density at radius 2 is 2.17 bits per heavy atom. The number of ether oxygens (including phenoxy) is 1. The summed E-state index contributed by atoms with van der Waals surface area (Å²) < 4.78 is 6.72. The Labute approximate surface area is 145 Å². The minimum Gasteiger partial charge on any atom is -0.469 e. The van der Waals surface area contributed by atoms with Crippen molar-refractivity contribution in [2.45, 2.75) is 19.4 Å². The summed E-state index contributed by atoms with van der Waals surface area (Å²) in [6, 6.07) is 5.52. The first-order chi connectivity index (χ1) is 11.6. The lowest BCUT2D eigenvalue weighted by atomic mass is 10.3. The molecule has 0 unspecified atom stereocenters. The van der Waals surface area contributed by atoms with Gasteiger partial charge in [0.25, 0.3) is 5.56 Å². The lowest BCUT2D eigenvalue weighted by molar-refractivity contribution is -0.140. The molecule has 0 fully saturated rings. The first kappa shape index (κ1) is 17.7. The lowest BCUT2D eigenvalue weighted by Crippen LogP contribution is -2.32. The first-order valence-corrected chi connectivity index (χ1v) is 8.71. The van der Waals surface area contributed by atoms with Gasteiger partial charge in [0.1, 0.15) is 16.8 Å². The number of carbonyl (C=O) groups excluding carboxylic acids is 1. The van der Waals surface area contributed by atoms with Crippen LogP contribution in [0.15, 0.2) is 21.6 Å². The molecule has 0 saturated carbocycles. The Morgan fingerprint density at radius 3 is 2.75 bits per heavy atom. The fourth-order valence-electron chi connectivity index (χ4n) is 2.02. The maximum Gasteiger partial charge on any atom is 0.305 e. The normalized spacial score (nSPS) is 10.9. The molecule has 0 atom stereocenters. The van der Waals surface area contributed by atoms with Crippen LogP contribution in [0.4, 0.5) is 0 Å². The van der Waals surface area contributed by atoms with Gasteiger partial charge in [-0.2, -0.15) is 21.9 Å². The van der Waals surface area contributed by atoms with Crippen LogP contribution >= 0.6 is 22.7 Å². The van der Waals surface area contributed by atoms with Crippen LogP contribution < -0.4 is 14.8 Å². The van der Waals surface area contributed by atoms with Crippen LogP contribution in [0.5, 0.6) is 0 Å². The third-order valence-electron chi connectivity index (χ3n) is 3.18. The van der Waals surface area contributed by atoms with Crippen molar-refractivity contribution in [2.75, 3.05) is 7.11 Å². The molecular formula is C16H13N3O3S2. The monoisotopic (exact) mass is 359 g/mol. The minimum absolute atomic E-state index is 0.111. The maximum absolute atomic E-state index is 12.6. The van der Waals surface area contributed by atoms with Gasteiger partial charge in [-0.15, -0.1) is 11.3 Å². The Balaban J connectivity index is 2.53. The third kappa shape index (κ3) is 3.99. The Hall–Kier alpha value is -2.68. The molecule has 0 saturated heterocycles. The van der Waals surface area contributed by atoms with E-state index in [-0.39, 0.29) is 30.1 Å². The second-order valence-corrected chi connectivity index (χ2v) is 6.52. The summed E-state index contributed by atoms with van der Waals surface area (Å²) in [6.07, 6.45) is 2.28. The predicted molar refractivity (Wildman–Crippen MR) is 91.6 cm³/mol. The molecule has 24 heavy (non-hydrogen) atoms. The molecule has 0 aliphatic rings. The zero-order valence-corrected chi connectivity index (χ0v) is 14.4. The van der Waals surface area contributed by atoms with Gasteiger partial charge in [-0.1, -0.05) is 0 Å². The van der Waals surface area contributed by atoms with Gasteiger partial charge in [-0.25, -0.2) is 0 Å². The third-order valence-corrected chi connectivity index (χ3v) is 5.01. The number of nitriles is 2. The molecule has 0 aliphatic carbocycles. The molecule has 0 N–H and O–H groups in total. The number of thiophene rings is 1. The van der Waals surface area contributed by atoms with Gasteiger partial charge >= 0.3 is 5.97 Å². The summed E-state index contributed by atoms with van der Waals surface area (Å²) in [5.41, 5.74) is 0.510. The van der Waals surface area contributed by atoms with Gasteiger partial charge < -0.3 is 4.74 Å². The topological polar surface area (TPSA) is 95.9 Å². The van der Waals surface area contributed by atoms with Crippen molar-refractivity contribution in [3.05, 3.63) is 41.9 Å². The number of nitrogens with zero attached hydrogens (tertiary/aromatic N) is 3. The highest BCUT2D eigenvalue weighted by Crippen LogP contribution is 2.06. The lowest BCUT2D eigenvalue weighted by Gasteiger charge is -2.01. The Morgan fingerprint density at radius 1 is 1.42 bits per heavy atom. The number of thiazole rings is 1. The number of hydrogen-bond donors (Lipinski definition) is 0. The number of hydrogen-bond acceptors (Lipinski definition) is 7. The molecule has 2 aromatic rings. The largest absolute Gasteiger partial charge is 0.469 e. The van der Waals surface area contributed by atoms with Gasteiger partial charge in [0.2, 0.25) is 0 Å². The fourth-order valence-corrected chi connectivity index (χ4v) is 3.72. The summed E-state index contributed by atoms with van der Waals surface area (Å²) >= 11 is 2.62. The van der Waals surface area contributed by atoms with Crippen LogP contribution in [0.1, 0.15) is 18.4 Å². The molecule has 2 heterocycles. The SMILES string of the molecule is COC(=O)CCCn1c(=C(C#N)C#N)s/c(=C/c2ccsc2)c1=O. The summed E-state index contributed by atoms with van der Waals surface area (Å²) in [5, 5.41) is 22.0. The summed E-state index contributed by atoms with van der Waals surface area (Å²) in [6.45, 7) is 0.240. The number of carbonyl (C=O) groups is 1. The van der Waals surface area contributed by atoms with E-state index in [4.69, 9.17) is 10.5 Å². The van der Waals surface area contributed by atoms with E-state index in [2.05, 4.69) is 4.74 Å². The van der Waals surface area contributed by atoms with Crippen LogP contribution in [0.25, 0.3) is 11.6 Å². The molecule has 8 heteroatoms. The van der Waals surface area contributed by atoms with Crippen molar-refractivity contribution < 1.29 is 9.53 Å². The number of esters is 1.